The highest BCUT2D eigenvalue weighted by Crippen LogP contribution is 2.13. The zero-order chi connectivity index (χ0) is 13.9. The van der Waals surface area contributed by atoms with E-state index < -0.39 is 0 Å². The van der Waals surface area contributed by atoms with Gasteiger partial charge >= 0.3 is 0 Å². The Kier molecular flexibility index (Phi) is 3.64. The molecule has 0 radical (unpaired) electrons. The summed E-state index contributed by atoms with van der Waals surface area (Å²) in [5, 5.41) is 7.04. The smallest absolute Gasteiger partial charge is 0.225 e. The topological polar surface area (TPSA) is 59.8 Å². The van der Waals surface area contributed by atoms with E-state index in [-0.39, 0.29) is 11.3 Å². The van der Waals surface area contributed by atoms with Gasteiger partial charge in [0.2, 0.25) is 5.91 Å². The average Bonchev–Trinajstić information content (AvgIpc) is 2.89. The number of amides is 1. The number of pyridine rings is 1. The van der Waals surface area contributed by atoms with Crippen molar-refractivity contribution in [3.8, 4) is 5.82 Å². The highest BCUT2D eigenvalue weighted by molar-refractivity contribution is 5.81. The van der Waals surface area contributed by atoms with Crippen molar-refractivity contribution in [2.75, 3.05) is 0 Å². The van der Waals surface area contributed by atoms with Crippen LogP contribution in [0.25, 0.3) is 5.82 Å². The van der Waals surface area contributed by atoms with Crippen LogP contribution in [-0.4, -0.2) is 20.7 Å². The number of rotatable bonds is 3. The van der Waals surface area contributed by atoms with E-state index in [9.17, 15) is 4.79 Å². The molecule has 1 N–H and O–H groups in total. The minimum atomic E-state index is -0.377. The standard InChI is InChI=1S/C14H18N4O/c1-14(2,3)13(19)16-10-11-5-7-15-12(9-11)18-8-4-6-17-18/h4-9H,10H2,1-3H3,(H,16,19). The second-order valence-electron chi connectivity index (χ2n) is 5.41. The van der Waals surface area contributed by atoms with Crippen LogP contribution < -0.4 is 5.32 Å². The number of nitrogens with one attached hydrogen (secondary N) is 1. The molecule has 1 amide bonds. The molecule has 5 nitrogen and oxygen atoms in total. The fourth-order valence-electron chi connectivity index (χ4n) is 1.55. The molecule has 0 saturated heterocycles. The molecule has 2 heterocycles. The van der Waals surface area contributed by atoms with Crippen LogP contribution in [0, 0.1) is 5.41 Å². The molecule has 0 unspecified atom stereocenters. The van der Waals surface area contributed by atoms with E-state index in [1.807, 2.05) is 45.2 Å². The lowest BCUT2D eigenvalue weighted by Gasteiger charge is -2.17. The molecule has 0 aliphatic carbocycles. The van der Waals surface area contributed by atoms with Crippen molar-refractivity contribution in [2.24, 2.45) is 5.41 Å². The maximum Gasteiger partial charge on any atom is 0.225 e. The van der Waals surface area contributed by atoms with Gasteiger partial charge in [0.25, 0.3) is 0 Å². The number of hydrogen-bond donors (Lipinski definition) is 1. The van der Waals surface area contributed by atoms with Gasteiger partial charge in [-0.1, -0.05) is 20.8 Å². The molecule has 0 saturated carbocycles. The van der Waals surface area contributed by atoms with E-state index in [4.69, 9.17) is 0 Å². The molecule has 0 fully saturated rings. The molecule has 0 atom stereocenters. The molecule has 2 rings (SSSR count). The second-order valence-corrected chi connectivity index (χ2v) is 5.41. The third-order valence-electron chi connectivity index (χ3n) is 2.68. The van der Waals surface area contributed by atoms with Gasteiger partial charge in [0, 0.05) is 30.6 Å². The Morgan fingerprint density at radius 2 is 2.16 bits per heavy atom. The molecule has 0 bridgehead atoms. The molecule has 2 aromatic heterocycles. The fraction of sp³-hybridized carbons (Fsp3) is 0.357. The van der Waals surface area contributed by atoms with E-state index in [0.717, 1.165) is 11.4 Å². The third kappa shape index (κ3) is 3.40. The first-order valence-electron chi connectivity index (χ1n) is 6.20. The Morgan fingerprint density at radius 3 is 2.79 bits per heavy atom. The van der Waals surface area contributed by atoms with Crippen LogP contribution in [0.3, 0.4) is 0 Å². The van der Waals surface area contributed by atoms with Gasteiger partial charge in [0.05, 0.1) is 0 Å². The van der Waals surface area contributed by atoms with E-state index in [1.54, 1.807) is 17.1 Å². The van der Waals surface area contributed by atoms with Gasteiger partial charge in [-0.15, -0.1) is 0 Å². The number of carbonyl (C=O) groups is 1. The number of nitrogens with zero attached hydrogens (tertiary/aromatic N) is 3. The van der Waals surface area contributed by atoms with Crippen molar-refractivity contribution in [1.29, 1.82) is 0 Å². The van der Waals surface area contributed by atoms with Crippen LogP contribution in [0.15, 0.2) is 36.8 Å². The lowest BCUT2D eigenvalue weighted by atomic mass is 9.95. The normalized spacial score (nSPS) is 11.3. The van der Waals surface area contributed by atoms with Crippen molar-refractivity contribution in [3.05, 3.63) is 42.4 Å². The summed E-state index contributed by atoms with van der Waals surface area (Å²) in [6, 6.07) is 5.64. The molecular weight excluding hydrogens is 240 g/mol. The second kappa shape index (κ2) is 5.22. The number of carbonyl (C=O) groups excluding carboxylic acids is 1. The zero-order valence-electron chi connectivity index (χ0n) is 11.4. The van der Waals surface area contributed by atoms with Gasteiger partial charge in [-0.2, -0.15) is 5.10 Å². The Morgan fingerprint density at radius 1 is 1.37 bits per heavy atom. The Hall–Kier alpha value is -2.17. The summed E-state index contributed by atoms with van der Waals surface area (Å²) in [6.45, 7) is 6.17. The van der Waals surface area contributed by atoms with E-state index >= 15 is 0 Å². The Labute approximate surface area is 112 Å². The van der Waals surface area contributed by atoms with Gasteiger partial charge in [0.1, 0.15) is 0 Å². The summed E-state index contributed by atoms with van der Waals surface area (Å²) in [7, 11) is 0. The first kappa shape index (κ1) is 13.3. The monoisotopic (exact) mass is 258 g/mol. The first-order chi connectivity index (χ1) is 8.97. The van der Waals surface area contributed by atoms with Crippen LogP contribution in [0.5, 0.6) is 0 Å². The molecule has 5 heteroatoms. The molecular formula is C14H18N4O. The predicted molar refractivity (Wildman–Crippen MR) is 72.7 cm³/mol. The van der Waals surface area contributed by atoms with Crippen LogP contribution in [0.1, 0.15) is 26.3 Å². The summed E-state index contributed by atoms with van der Waals surface area (Å²) in [4.78, 5) is 16.1. The number of aromatic nitrogens is 3. The largest absolute Gasteiger partial charge is 0.352 e. The van der Waals surface area contributed by atoms with Gasteiger partial charge < -0.3 is 5.32 Å². The quantitative estimate of drug-likeness (QED) is 0.915. The molecule has 0 aromatic carbocycles. The van der Waals surface area contributed by atoms with Crippen molar-refractivity contribution >= 4 is 5.91 Å². The predicted octanol–water partition coefficient (Wildman–Crippen LogP) is 1.93. The summed E-state index contributed by atoms with van der Waals surface area (Å²) in [6.07, 6.45) is 5.26. The maximum absolute atomic E-state index is 11.8. The van der Waals surface area contributed by atoms with E-state index in [2.05, 4.69) is 15.4 Å². The lowest BCUT2D eigenvalue weighted by Crippen LogP contribution is -2.34. The SMILES string of the molecule is CC(C)(C)C(=O)NCc1ccnc(-n2cccn2)c1. The van der Waals surface area contributed by atoms with Gasteiger partial charge in [-0.05, 0) is 23.8 Å². The van der Waals surface area contributed by atoms with Crippen molar-refractivity contribution in [2.45, 2.75) is 27.3 Å². The van der Waals surface area contributed by atoms with Gasteiger partial charge in [-0.3, -0.25) is 4.79 Å². The minimum absolute atomic E-state index is 0.0324. The van der Waals surface area contributed by atoms with Gasteiger partial charge in [-0.25, -0.2) is 9.67 Å². The fourth-order valence-corrected chi connectivity index (χ4v) is 1.55. The highest BCUT2D eigenvalue weighted by Gasteiger charge is 2.20. The van der Waals surface area contributed by atoms with Crippen LogP contribution in [0.4, 0.5) is 0 Å². The summed E-state index contributed by atoms with van der Waals surface area (Å²) in [5.41, 5.74) is 0.621. The molecule has 2 aromatic rings. The summed E-state index contributed by atoms with van der Waals surface area (Å²) >= 11 is 0. The van der Waals surface area contributed by atoms with Crippen molar-refractivity contribution < 1.29 is 4.79 Å². The molecule has 0 aliphatic rings. The minimum Gasteiger partial charge on any atom is -0.352 e. The lowest BCUT2D eigenvalue weighted by molar-refractivity contribution is -0.128. The Balaban J connectivity index is 2.06. The van der Waals surface area contributed by atoms with Crippen LogP contribution in [-0.2, 0) is 11.3 Å². The van der Waals surface area contributed by atoms with Crippen LogP contribution >= 0.6 is 0 Å². The molecule has 0 aliphatic heterocycles. The van der Waals surface area contributed by atoms with Crippen LogP contribution in [0.2, 0.25) is 0 Å². The van der Waals surface area contributed by atoms with Crippen molar-refractivity contribution in [1.82, 2.24) is 20.1 Å². The molecule has 19 heavy (non-hydrogen) atoms. The summed E-state index contributed by atoms with van der Waals surface area (Å²) in [5.74, 6) is 0.775. The average molecular weight is 258 g/mol. The molecule has 0 spiro atoms. The third-order valence-corrected chi connectivity index (χ3v) is 2.68. The maximum atomic E-state index is 11.8. The van der Waals surface area contributed by atoms with Gasteiger partial charge in [0.15, 0.2) is 5.82 Å². The zero-order valence-corrected chi connectivity index (χ0v) is 11.4. The highest BCUT2D eigenvalue weighted by atomic mass is 16.2. The van der Waals surface area contributed by atoms with E-state index in [1.165, 1.54) is 0 Å². The number of hydrogen-bond acceptors (Lipinski definition) is 3. The first-order valence-corrected chi connectivity index (χ1v) is 6.20. The molecule has 100 valence electrons. The Bertz CT molecular complexity index is 555. The summed E-state index contributed by atoms with van der Waals surface area (Å²) < 4.78 is 1.69. The van der Waals surface area contributed by atoms with E-state index in [0.29, 0.717) is 6.54 Å². The van der Waals surface area contributed by atoms with Crippen molar-refractivity contribution in [3.63, 3.8) is 0 Å².